The fraction of sp³-hybridized carbons (Fsp3) is 0.158. The van der Waals surface area contributed by atoms with Crippen LogP contribution in [0.4, 0.5) is 0 Å². The van der Waals surface area contributed by atoms with Gasteiger partial charge in [0, 0.05) is 29.2 Å². The maximum absolute atomic E-state index is 12.3. The van der Waals surface area contributed by atoms with Crippen molar-refractivity contribution < 1.29 is 9.59 Å². The SMILES string of the molecule is CCn1nnc2cc(C(=O)NNC(=O)Cc3c[nH]c4ccccc34)ccc21. The van der Waals surface area contributed by atoms with Crippen molar-refractivity contribution in [2.75, 3.05) is 0 Å². The van der Waals surface area contributed by atoms with Crippen LogP contribution in [0.15, 0.2) is 48.7 Å². The number of carbonyl (C=O) groups excluding carboxylic acids is 2. The molecule has 0 radical (unpaired) electrons. The molecule has 27 heavy (non-hydrogen) atoms. The molecule has 0 bridgehead atoms. The van der Waals surface area contributed by atoms with Gasteiger partial charge in [-0.05, 0) is 36.8 Å². The van der Waals surface area contributed by atoms with E-state index < -0.39 is 5.91 Å². The Hall–Kier alpha value is -3.68. The molecule has 3 N–H and O–H groups in total. The predicted molar refractivity (Wildman–Crippen MR) is 101 cm³/mol. The van der Waals surface area contributed by atoms with Gasteiger partial charge in [-0.15, -0.1) is 5.10 Å². The van der Waals surface area contributed by atoms with Crippen molar-refractivity contribution >= 4 is 33.8 Å². The van der Waals surface area contributed by atoms with Gasteiger partial charge in [-0.1, -0.05) is 23.4 Å². The first-order valence-electron chi connectivity index (χ1n) is 8.63. The van der Waals surface area contributed by atoms with Gasteiger partial charge < -0.3 is 4.98 Å². The average molecular weight is 362 g/mol. The monoisotopic (exact) mass is 362 g/mol. The smallest absolute Gasteiger partial charge is 0.269 e. The molecule has 8 heteroatoms. The third-order valence-corrected chi connectivity index (χ3v) is 4.42. The number of hydrazine groups is 1. The topological polar surface area (TPSA) is 105 Å². The number of H-pyrrole nitrogens is 1. The molecule has 136 valence electrons. The summed E-state index contributed by atoms with van der Waals surface area (Å²) in [6, 6.07) is 12.9. The summed E-state index contributed by atoms with van der Waals surface area (Å²) in [5.41, 5.74) is 8.63. The van der Waals surface area contributed by atoms with Gasteiger partial charge in [0.2, 0.25) is 5.91 Å². The van der Waals surface area contributed by atoms with Gasteiger partial charge in [-0.25, -0.2) is 4.68 Å². The highest BCUT2D eigenvalue weighted by molar-refractivity contribution is 5.98. The van der Waals surface area contributed by atoms with Crippen molar-refractivity contribution in [2.24, 2.45) is 0 Å². The van der Waals surface area contributed by atoms with Crippen molar-refractivity contribution in [1.29, 1.82) is 0 Å². The number of amides is 2. The van der Waals surface area contributed by atoms with Gasteiger partial charge in [-0.3, -0.25) is 20.4 Å². The van der Waals surface area contributed by atoms with E-state index in [4.69, 9.17) is 0 Å². The molecule has 4 rings (SSSR count). The Labute approximate surface area is 154 Å². The molecule has 2 amide bonds. The van der Waals surface area contributed by atoms with Crippen LogP contribution in [0.2, 0.25) is 0 Å². The van der Waals surface area contributed by atoms with Crippen LogP contribution in [-0.4, -0.2) is 31.8 Å². The third-order valence-electron chi connectivity index (χ3n) is 4.42. The molecule has 0 saturated heterocycles. The van der Waals surface area contributed by atoms with E-state index in [0.717, 1.165) is 22.0 Å². The van der Waals surface area contributed by atoms with Crippen molar-refractivity contribution in [2.45, 2.75) is 19.9 Å². The minimum atomic E-state index is -0.407. The van der Waals surface area contributed by atoms with E-state index in [2.05, 4.69) is 26.1 Å². The standard InChI is InChI=1S/C19H18N6O2/c1-2-25-17-8-7-12(9-16(17)21-24-25)19(27)23-22-18(26)10-13-11-20-15-6-4-3-5-14(13)15/h3-9,11,20H,2,10H2,1H3,(H,22,26)(H,23,27). The lowest BCUT2D eigenvalue weighted by atomic mass is 10.1. The first kappa shape index (κ1) is 16.8. The van der Waals surface area contributed by atoms with Crippen LogP contribution in [0, 0.1) is 0 Å². The summed E-state index contributed by atoms with van der Waals surface area (Å²) in [6.07, 6.45) is 1.96. The lowest BCUT2D eigenvalue weighted by molar-refractivity contribution is -0.121. The molecule has 2 heterocycles. The Balaban J connectivity index is 1.40. The summed E-state index contributed by atoms with van der Waals surface area (Å²) in [5.74, 6) is -0.707. The van der Waals surface area contributed by atoms with E-state index in [1.165, 1.54) is 0 Å². The maximum atomic E-state index is 12.3. The van der Waals surface area contributed by atoms with E-state index in [1.807, 2.05) is 31.2 Å². The molecule has 4 aromatic rings. The number of para-hydroxylation sites is 1. The summed E-state index contributed by atoms with van der Waals surface area (Å²) >= 11 is 0. The molecule has 2 aromatic heterocycles. The molecule has 0 fully saturated rings. The van der Waals surface area contributed by atoms with Crippen molar-refractivity contribution in [3.05, 3.63) is 59.8 Å². The Morgan fingerprint density at radius 3 is 2.85 bits per heavy atom. The summed E-state index contributed by atoms with van der Waals surface area (Å²) in [4.78, 5) is 27.6. The van der Waals surface area contributed by atoms with Gasteiger partial charge >= 0.3 is 0 Å². The second-order valence-corrected chi connectivity index (χ2v) is 6.15. The number of aromatic amines is 1. The fourth-order valence-electron chi connectivity index (χ4n) is 3.04. The normalized spacial score (nSPS) is 11.0. The number of aromatic nitrogens is 4. The fourth-order valence-corrected chi connectivity index (χ4v) is 3.04. The van der Waals surface area contributed by atoms with E-state index in [0.29, 0.717) is 17.6 Å². The maximum Gasteiger partial charge on any atom is 0.269 e. The molecular formula is C19H18N6O2. The molecule has 2 aromatic carbocycles. The summed E-state index contributed by atoms with van der Waals surface area (Å²) in [5, 5.41) is 9.06. The van der Waals surface area contributed by atoms with E-state index in [-0.39, 0.29) is 12.3 Å². The first-order chi connectivity index (χ1) is 13.2. The van der Waals surface area contributed by atoms with Crippen molar-refractivity contribution in [1.82, 2.24) is 30.8 Å². The zero-order valence-corrected chi connectivity index (χ0v) is 14.7. The highest BCUT2D eigenvalue weighted by Crippen LogP contribution is 2.18. The summed E-state index contributed by atoms with van der Waals surface area (Å²) in [6.45, 7) is 2.67. The van der Waals surface area contributed by atoms with Gasteiger partial charge in [-0.2, -0.15) is 0 Å². The van der Waals surface area contributed by atoms with Crippen LogP contribution in [0.1, 0.15) is 22.8 Å². The minimum absolute atomic E-state index is 0.161. The Bertz CT molecular complexity index is 1140. The number of hydrogen-bond donors (Lipinski definition) is 3. The van der Waals surface area contributed by atoms with Gasteiger partial charge in [0.1, 0.15) is 5.52 Å². The number of aryl methyl sites for hydroxylation is 1. The Morgan fingerprint density at radius 1 is 1.15 bits per heavy atom. The van der Waals surface area contributed by atoms with Crippen LogP contribution < -0.4 is 10.9 Å². The minimum Gasteiger partial charge on any atom is -0.361 e. The van der Waals surface area contributed by atoms with Crippen molar-refractivity contribution in [3.63, 3.8) is 0 Å². The molecule has 0 aliphatic rings. The van der Waals surface area contributed by atoms with E-state index in [9.17, 15) is 9.59 Å². The predicted octanol–water partition coefficient (Wildman–Crippen LogP) is 1.94. The second kappa shape index (κ2) is 6.91. The zero-order valence-electron chi connectivity index (χ0n) is 14.7. The number of benzene rings is 2. The van der Waals surface area contributed by atoms with E-state index >= 15 is 0 Å². The van der Waals surface area contributed by atoms with Crippen LogP contribution in [-0.2, 0) is 17.8 Å². The number of carbonyl (C=O) groups is 2. The average Bonchev–Trinajstić information content (AvgIpc) is 3.29. The van der Waals surface area contributed by atoms with Crippen LogP contribution in [0.5, 0.6) is 0 Å². The van der Waals surface area contributed by atoms with Crippen LogP contribution in [0.3, 0.4) is 0 Å². The highest BCUT2D eigenvalue weighted by atomic mass is 16.2. The van der Waals surface area contributed by atoms with E-state index in [1.54, 1.807) is 29.1 Å². The molecule has 8 nitrogen and oxygen atoms in total. The Morgan fingerprint density at radius 2 is 2.00 bits per heavy atom. The number of fused-ring (bicyclic) bond motifs is 2. The zero-order chi connectivity index (χ0) is 18.8. The molecule has 0 aliphatic carbocycles. The molecule has 0 atom stereocenters. The molecular weight excluding hydrogens is 344 g/mol. The number of rotatable bonds is 4. The van der Waals surface area contributed by atoms with Crippen LogP contribution in [0.25, 0.3) is 21.9 Å². The summed E-state index contributed by atoms with van der Waals surface area (Å²) < 4.78 is 1.75. The molecule has 0 spiro atoms. The summed E-state index contributed by atoms with van der Waals surface area (Å²) in [7, 11) is 0. The second-order valence-electron chi connectivity index (χ2n) is 6.15. The number of hydrogen-bond acceptors (Lipinski definition) is 4. The van der Waals surface area contributed by atoms with Gasteiger partial charge in [0.05, 0.1) is 11.9 Å². The largest absolute Gasteiger partial charge is 0.361 e. The van der Waals surface area contributed by atoms with Crippen LogP contribution >= 0.6 is 0 Å². The molecule has 0 saturated carbocycles. The third kappa shape index (κ3) is 3.24. The van der Waals surface area contributed by atoms with Gasteiger partial charge in [0.15, 0.2) is 0 Å². The van der Waals surface area contributed by atoms with Gasteiger partial charge in [0.25, 0.3) is 5.91 Å². The highest BCUT2D eigenvalue weighted by Gasteiger charge is 2.12. The Kier molecular flexibility index (Phi) is 4.29. The molecule has 0 unspecified atom stereocenters. The quantitative estimate of drug-likeness (QED) is 0.483. The number of nitrogens with one attached hydrogen (secondary N) is 3. The lowest BCUT2D eigenvalue weighted by Gasteiger charge is -2.07. The number of nitrogens with zero attached hydrogens (tertiary/aromatic N) is 3. The lowest BCUT2D eigenvalue weighted by Crippen LogP contribution is -2.42. The first-order valence-corrected chi connectivity index (χ1v) is 8.63. The molecule has 0 aliphatic heterocycles. The van der Waals surface area contributed by atoms with Crippen molar-refractivity contribution in [3.8, 4) is 0 Å².